The third-order valence-corrected chi connectivity index (χ3v) is 4.25. The van der Waals surface area contributed by atoms with Gasteiger partial charge < -0.3 is 21.5 Å². The first kappa shape index (κ1) is 20.6. The van der Waals surface area contributed by atoms with Gasteiger partial charge in [-0.2, -0.15) is 0 Å². The summed E-state index contributed by atoms with van der Waals surface area (Å²) in [5.41, 5.74) is 5.38. The second kappa shape index (κ2) is 9.17. The van der Waals surface area contributed by atoms with Gasteiger partial charge in [0.2, 0.25) is 11.8 Å². The highest BCUT2D eigenvalue weighted by Crippen LogP contribution is 2.19. The molecule has 0 spiro atoms. The number of benzene rings is 1. The predicted molar refractivity (Wildman–Crippen MR) is 94.7 cm³/mol. The topological polar surface area (TPSA) is 122 Å². The zero-order chi connectivity index (χ0) is 19.0. The number of hydrogen-bond donors (Lipinski definition) is 4. The van der Waals surface area contributed by atoms with Crippen molar-refractivity contribution in [1.82, 2.24) is 10.6 Å². The van der Waals surface area contributed by atoms with E-state index in [1.165, 1.54) is 0 Å². The summed E-state index contributed by atoms with van der Waals surface area (Å²) in [6.07, 6.45) is 0.548. The van der Waals surface area contributed by atoms with E-state index in [4.69, 9.17) is 10.8 Å². The van der Waals surface area contributed by atoms with Crippen LogP contribution in [0.2, 0.25) is 0 Å². The maximum absolute atomic E-state index is 12.7. The molecule has 1 aromatic rings. The number of aliphatic carboxylic acids is 1. The van der Waals surface area contributed by atoms with Gasteiger partial charge in [0, 0.05) is 0 Å². The van der Waals surface area contributed by atoms with Gasteiger partial charge in [0.25, 0.3) is 0 Å². The summed E-state index contributed by atoms with van der Waals surface area (Å²) >= 11 is 0. The average molecular weight is 349 g/mol. The first-order valence-corrected chi connectivity index (χ1v) is 8.38. The van der Waals surface area contributed by atoms with E-state index < -0.39 is 29.9 Å². The molecule has 0 bridgehead atoms. The highest BCUT2D eigenvalue weighted by atomic mass is 16.4. The number of carbonyl (C=O) groups excluding carboxylic acids is 2. The Morgan fingerprint density at radius 3 is 2.28 bits per heavy atom. The van der Waals surface area contributed by atoms with Gasteiger partial charge in [-0.3, -0.25) is 14.4 Å². The van der Waals surface area contributed by atoms with Crippen LogP contribution in [0.4, 0.5) is 0 Å². The molecule has 7 nitrogen and oxygen atoms in total. The quantitative estimate of drug-likeness (QED) is 0.536. The lowest BCUT2D eigenvalue weighted by Gasteiger charge is -2.31. The molecule has 0 aliphatic heterocycles. The standard InChI is InChI=1S/C18H27N3O4/c1-4-14(12-9-7-6-8-10-12)20-17(25)18(3,5-2)21-16(24)13(19)11-15(22)23/h6-10,13-14H,4-5,11,19H2,1-3H3,(H,20,25)(H,21,24)(H,22,23)/t13-,14?,18-/m0/s1. The average Bonchev–Trinajstić information content (AvgIpc) is 2.59. The van der Waals surface area contributed by atoms with Crippen LogP contribution in [0.3, 0.4) is 0 Å². The van der Waals surface area contributed by atoms with E-state index in [9.17, 15) is 14.4 Å². The van der Waals surface area contributed by atoms with Crippen molar-refractivity contribution in [3.63, 3.8) is 0 Å². The third kappa shape index (κ3) is 5.86. The number of rotatable bonds is 9. The molecule has 0 aromatic heterocycles. The Kier molecular flexibility index (Phi) is 7.57. The molecule has 138 valence electrons. The second-order valence-electron chi connectivity index (χ2n) is 6.22. The zero-order valence-electron chi connectivity index (χ0n) is 14.9. The van der Waals surface area contributed by atoms with Gasteiger partial charge in [-0.15, -0.1) is 0 Å². The van der Waals surface area contributed by atoms with Crippen LogP contribution >= 0.6 is 0 Å². The van der Waals surface area contributed by atoms with Gasteiger partial charge >= 0.3 is 5.97 Å². The van der Waals surface area contributed by atoms with Crippen LogP contribution in [-0.2, 0) is 14.4 Å². The molecule has 0 fully saturated rings. The van der Waals surface area contributed by atoms with Crippen molar-refractivity contribution >= 4 is 17.8 Å². The molecule has 0 heterocycles. The van der Waals surface area contributed by atoms with Gasteiger partial charge in [0.15, 0.2) is 0 Å². The van der Waals surface area contributed by atoms with Crippen LogP contribution in [-0.4, -0.2) is 34.5 Å². The Morgan fingerprint density at radius 1 is 1.20 bits per heavy atom. The van der Waals surface area contributed by atoms with Crippen LogP contribution in [0.25, 0.3) is 0 Å². The minimum absolute atomic E-state index is 0.177. The number of hydrogen-bond acceptors (Lipinski definition) is 4. The molecular weight excluding hydrogens is 322 g/mol. The van der Waals surface area contributed by atoms with E-state index in [0.717, 1.165) is 5.56 Å². The largest absolute Gasteiger partial charge is 0.481 e. The Bertz CT molecular complexity index is 606. The van der Waals surface area contributed by atoms with Gasteiger partial charge in [0.05, 0.1) is 18.5 Å². The van der Waals surface area contributed by atoms with Gasteiger partial charge in [-0.25, -0.2) is 0 Å². The van der Waals surface area contributed by atoms with E-state index in [0.29, 0.717) is 12.8 Å². The molecule has 3 atom stereocenters. The summed E-state index contributed by atoms with van der Waals surface area (Å²) in [5.74, 6) is -2.16. The minimum atomic E-state index is -1.20. The Balaban J connectivity index is 2.83. The molecular formula is C18H27N3O4. The summed E-state index contributed by atoms with van der Waals surface area (Å²) in [4.78, 5) is 35.5. The summed E-state index contributed by atoms with van der Waals surface area (Å²) in [6.45, 7) is 5.33. The normalized spacial score (nSPS) is 15.5. The lowest BCUT2D eigenvalue weighted by atomic mass is 9.95. The fraction of sp³-hybridized carbons (Fsp3) is 0.500. The molecule has 0 saturated heterocycles. The lowest BCUT2D eigenvalue weighted by molar-refractivity contribution is -0.140. The summed E-state index contributed by atoms with van der Waals surface area (Å²) in [5, 5.41) is 14.3. The Hall–Kier alpha value is -2.41. The summed E-state index contributed by atoms with van der Waals surface area (Å²) in [6, 6.07) is 8.18. The molecule has 7 heteroatoms. The van der Waals surface area contributed by atoms with Crippen LogP contribution < -0.4 is 16.4 Å². The molecule has 0 radical (unpaired) electrons. The number of carbonyl (C=O) groups is 3. The van der Waals surface area contributed by atoms with E-state index >= 15 is 0 Å². The molecule has 5 N–H and O–H groups in total. The Morgan fingerprint density at radius 2 is 1.80 bits per heavy atom. The third-order valence-electron chi connectivity index (χ3n) is 4.25. The molecule has 1 unspecified atom stereocenters. The zero-order valence-corrected chi connectivity index (χ0v) is 14.9. The maximum atomic E-state index is 12.7. The SMILES string of the molecule is CCC(NC(=O)[C@](C)(CC)NC(=O)[C@@H](N)CC(=O)O)c1ccccc1. The minimum Gasteiger partial charge on any atom is -0.481 e. The number of carboxylic acid groups (broad SMARTS) is 1. The first-order chi connectivity index (χ1) is 11.7. The molecule has 1 rings (SSSR count). The summed E-state index contributed by atoms with van der Waals surface area (Å²) in [7, 11) is 0. The number of nitrogens with two attached hydrogens (primary N) is 1. The number of nitrogens with one attached hydrogen (secondary N) is 2. The fourth-order valence-electron chi connectivity index (χ4n) is 2.38. The van der Waals surface area contributed by atoms with Crippen LogP contribution in [0.1, 0.15) is 51.6 Å². The molecule has 25 heavy (non-hydrogen) atoms. The Labute approximate surface area is 148 Å². The van der Waals surface area contributed by atoms with Crippen molar-refractivity contribution in [3.8, 4) is 0 Å². The fourth-order valence-corrected chi connectivity index (χ4v) is 2.38. The number of carboxylic acids is 1. The van der Waals surface area contributed by atoms with Crippen molar-refractivity contribution in [1.29, 1.82) is 0 Å². The van der Waals surface area contributed by atoms with Crippen LogP contribution in [0.15, 0.2) is 30.3 Å². The van der Waals surface area contributed by atoms with Crippen molar-refractivity contribution in [2.75, 3.05) is 0 Å². The van der Waals surface area contributed by atoms with E-state index in [-0.39, 0.29) is 11.9 Å². The van der Waals surface area contributed by atoms with Crippen molar-refractivity contribution < 1.29 is 19.5 Å². The molecule has 2 amide bonds. The first-order valence-electron chi connectivity index (χ1n) is 8.38. The molecule has 0 aliphatic rings. The molecule has 0 aliphatic carbocycles. The van der Waals surface area contributed by atoms with Crippen molar-refractivity contribution in [3.05, 3.63) is 35.9 Å². The highest BCUT2D eigenvalue weighted by molar-refractivity contribution is 5.94. The summed E-state index contributed by atoms with van der Waals surface area (Å²) < 4.78 is 0. The van der Waals surface area contributed by atoms with E-state index in [1.807, 2.05) is 37.3 Å². The maximum Gasteiger partial charge on any atom is 0.305 e. The van der Waals surface area contributed by atoms with E-state index in [1.54, 1.807) is 13.8 Å². The monoisotopic (exact) mass is 349 g/mol. The van der Waals surface area contributed by atoms with Crippen molar-refractivity contribution in [2.24, 2.45) is 5.73 Å². The van der Waals surface area contributed by atoms with Crippen LogP contribution in [0.5, 0.6) is 0 Å². The highest BCUT2D eigenvalue weighted by Gasteiger charge is 2.35. The lowest BCUT2D eigenvalue weighted by Crippen LogP contribution is -2.60. The van der Waals surface area contributed by atoms with Gasteiger partial charge in [-0.05, 0) is 25.3 Å². The molecule has 1 aromatic carbocycles. The van der Waals surface area contributed by atoms with Gasteiger partial charge in [0.1, 0.15) is 5.54 Å². The smallest absolute Gasteiger partial charge is 0.305 e. The number of amides is 2. The van der Waals surface area contributed by atoms with E-state index in [2.05, 4.69) is 10.6 Å². The van der Waals surface area contributed by atoms with Crippen LogP contribution in [0, 0.1) is 0 Å². The molecule has 0 saturated carbocycles. The van der Waals surface area contributed by atoms with Crippen molar-refractivity contribution in [2.45, 2.75) is 57.7 Å². The second-order valence-corrected chi connectivity index (χ2v) is 6.22. The predicted octanol–water partition coefficient (Wildman–Crippen LogP) is 1.34. The van der Waals surface area contributed by atoms with Gasteiger partial charge in [-0.1, -0.05) is 44.2 Å².